The van der Waals surface area contributed by atoms with E-state index in [1.807, 2.05) is 37.3 Å². The summed E-state index contributed by atoms with van der Waals surface area (Å²) in [6.45, 7) is 15.5. The maximum absolute atomic E-state index is 12.6. The number of hydrogen-bond donors (Lipinski definition) is 0. The van der Waals surface area contributed by atoms with Crippen LogP contribution in [0.15, 0.2) is 30.3 Å². The fourth-order valence-electron chi connectivity index (χ4n) is 3.71. The van der Waals surface area contributed by atoms with Crippen molar-refractivity contribution in [3.8, 4) is 0 Å². The van der Waals surface area contributed by atoms with Crippen molar-refractivity contribution >= 4 is 14.3 Å². The monoisotopic (exact) mass is 336 g/mol. The molecular formula is C19H32O3Si. The lowest BCUT2D eigenvalue weighted by Crippen LogP contribution is -2.49. The molecule has 1 aromatic rings. The summed E-state index contributed by atoms with van der Waals surface area (Å²) in [5.74, 6) is -0.280. The molecule has 0 saturated carbocycles. The Morgan fingerprint density at radius 2 is 1.43 bits per heavy atom. The van der Waals surface area contributed by atoms with Gasteiger partial charge in [-0.1, -0.05) is 71.9 Å². The molecule has 0 amide bonds. The molecule has 1 rings (SSSR count). The lowest BCUT2D eigenvalue weighted by molar-refractivity contribution is -0.152. The van der Waals surface area contributed by atoms with Gasteiger partial charge in [-0.05, 0) is 29.1 Å². The first-order valence-electron chi connectivity index (χ1n) is 8.66. The van der Waals surface area contributed by atoms with Crippen LogP contribution in [0.25, 0.3) is 0 Å². The highest BCUT2D eigenvalue weighted by atomic mass is 28.4. The third-order valence-electron chi connectivity index (χ3n) is 4.63. The number of ether oxygens (including phenoxy) is 1. The summed E-state index contributed by atoms with van der Waals surface area (Å²) in [5, 5.41) is 0. The smallest absolute Gasteiger partial charge is 0.338 e. The summed E-state index contributed by atoms with van der Waals surface area (Å²) in [7, 11) is -2.17. The van der Waals surface area contributed by atoms with Gasteiger partial charge in [0, 0.05) is 0 Å². The van der Waals surface area contributed by atoms with Gasteiger partial charge in [-0.2, -0.15) is 0 Å². The van der Waals surface area contributed by atoms with E-state index in [1.165, 1.54) is 0 Å². The molecule has 0 bridgehead atoms. The average Bonchev–Trinajstić information content (AvgIpc) is 2.48. The van der Waals surface area contributed by atoms with Crippen LogP contribution in [-0.4, -0.2) is 20.9 Å². The molecule has 0 saturated heterocycles. The molecule has 130 valence electrons. The topological polar surface area (TPSA) is 35.5 Å². The van der Waals surface area contributed by atoms with Crippen molar-refractivity contribution in [1.29, 1.82) is 0 Å². The molecule has 0 unspecified atom stereocenters. The number of carbonyl (C=O) groups is 1. The van der Waals surface area contributed by atoms with Crippen LogP contribution in [0.5, 0.6) is 0 Å². The molecule has 0 spiro atoms. The lowest BCUT2D eigenvalue weighted by atomic mass is 10.1. The molecule has 0 aliphatic rings. The number of esters is 1. The Hall–Kier alpha value is -1.13. The molecule has 0 N–H and O–H groups in total. The van der Waals surface area contributed by atoms with Gasteiger partial charge in [0.2, 0.25) is 8.32 Å². The number of hydrogen-bond acceptors (Lipinski definition) is 3. The summed E-state index contributed by atoms with van der Waals surface area (Å²) < 4.78 is 12.0. The molecule has 3 nitrogen and oxygen atoms in total. The first kappa shape index (κ1) is 19.9. The van der Waals surface area contributed by atoms with Gasteiger partial charge < -0.3 is 9.16 Å². The Morgan fingerprint density at radius 1 is 0.957 bits per heavy atom. The second-order valence-electron chi connectivity index (χ2n) is 6.98. The van der Waals surface area contributed by atoms with Gasteiger partial charge in [0.05, 0.1) is 6.61 Å². The van der Waals surface area contributed by atoms with Gasteiger partial charge in [-0.15, -0.1) is 0 Å². The molecule has 0 heterocycles. The van der Waals surface area contributed by atoms with E-state index in [1.54, 1.807) is 0 Å². The Morgan fingerprint density at radius 3 is 1.83 bits per heavy atom. The van der Waals surface area contributed by atoms with Gasteiger partial charge in [-0.25, -0.2) is 4.79 Å². The average molecular weight is 337 g/mol. The molecule has 0 aliphatic carbocycles. The lowest BCUT2D eigenvalue weighted by Gasteiger charge is -2.44. The highest BCUT2D eigenvalue weighted by Crippen LogP contribution is 2.45. The molecule has 4 heteroatoms. The summed E-state index contributed by atoms with van der Waals surface area (Å²) >= 11 is 0. The van der Waals surface area contributed by atoms with Gasteiger partial charge in [-0.3, -0.25) is 0 Å². The van der Waals surface area contributed by atoms with Gasteiger partial charge in [0.15, 0.2) is 6.10 Å². The van der Waals surface area contributed by atoms with Crippen LogP contribution in [0.2, 0.25) is 16.6 Å². The Bertz CT molecular complexity index is 461. The minimum Gasteiger partial charge on any atom is -0.464 e. The molecule has 0 aromatic heterocycles. The van der Waals surface area contributed by atoms with E-state index in [9.17, 15) is 4.79 Å². The number of rotatable bonds is 8. The minimum atomic E-state index is -2.17. The molecule has 1 aromatic carbocycles. The van der Waals surface area contributed by atoms with Crippen molar-refractivity contribution in [2.24, 2.45) is 0 Å². The third kappa shape index (κ3) is 4.45. The maximum Gasteiger partial charge on any atom is 0.338 e. The van der Waals surface area contributed by atoms with Crippen molar-refractivity contribution in [2.75, 3.05) is 6.61 Å². The third-order valence-corrected chi connectivity index (χ3v) is 10.7. The zero-order valence-electron chi connectivity index (χ0n) is 15.6. The van der Waals surface area contributed by atoms with Crippen molar-refractivity contribution < 1.29 is 14.0 Å². The fourth-order valence-corrected chi connectivity index (χ4v) is 9.17. The van der Waals surface area contributed by atoms with E-state index in [2.05, 4.69) is 41.5 Å². The standard InChI is InChI=1S/C19H32O3Si/c1-8-21-19(20)18(17-12-10-9-11-13-17)22-23(14(2)3,15(4)5)16(6)7/h9-16,18H,8H2,1-7H3/t18-/m1/s1. The summed E-state index contributed by atoms with van der Waals surface area (Å²) in [6.07, 6.45) is -0.630. The largest absolute Gasteiger partial charge is 0.464 e. The Balaban J connectivity index is 3.28. The summed E-state index contributed by atoms with van der Waals surface area (Å²) in [4.78, 5) is 12.6. The van der Waals surface area contributed by atoms with E-state index in [0.717, 1.165) is 5.56 Å². The van der Waals surface area contributed by atoms with Crippen molar-refractivity contribution in [1.82, 2.24) is 0 Å². The summed E-state index contributed by atoms with van der Waals surface area (Å²) in [5.41, 5.74) is 2.14. The van der Waals surface area contributed by atoms with Crippen LogP contribution >= 0.6 is 0 Å². The molecule has 1 atom stereocenters. The highest BCUT2D eigenvalue weighted by Gasteiger charge is 2.48. The first-order chi connectivity index (χ1) is 10.8. The predicted octanol–water partition coefficient (Wildman–Crippen LogP) is 5.48. The quantitative estimate of drug-likeness (QED) is 0.465. The molecule has 0 radical (unpaired) electrons. The van der Waals surface area contributed by atoms with E-state index in [0.29, 0.717) is 23.2 Å². The number of carbonyl (C=O) groups excluding carboxylic acids is 1. The van der Waals surface area contributed by atoms with Crippen LogP contribution in [0.3, 0.4) is 0 Å². The number of benzene rings is 1. The van der Waals surface area contributed by atoms with E-state index >= 15 is 0 Å². The molecule has 23 heavy (non-hydrogen) atoms. The normalized spacial score (nSPS) is 13.7. The van der Waals surface area contributed by atoms with Gasteiger partial charge in [0.1, 0.15) is 0 Å². The highest BCUT2D eigenvalue weighted by molar-refractivity contribution is 6.77. The zero-order valence-corrected chi connectivity index (χ0v) is 16.6. The fraction of sp³-hybridized carbons (Fsp3) is 0.632. The van der Waals surface area contributed by atoms with Crippen LogP contribution in [0, 0.1) is 0 Å². The van der Waals surface area contributed by atoms with Crippen LogP contribution in [-0.2, 0) is 14.0 Å². The van der Waals surface area contributed by atoms with Crippen LogP contribution in [0.1, 0.15) is 60.1 Å². The van der Waals surface area contributed by atoms with Crippen molar-refractivity contribution in [2.45, 2.75) is 71.2 Å². The first-order valence-corrected chi connectivity index (χ1v) is 10.8. The second-order valence-corrected chi connectivity index (χ2v) is 12.4. The molecule has 0 fully saturated rings. The van der Waals surface area contributed by atoms with Crippen LogP contribution in [0.4, 0.5) is 0 Å². The van der Waals surface area contributed by atoms with E-state index < -0.39 is 14.4 Å². The Kier molecular flexibility index (Phi) is 7.48. The molecule has 0 aliphatic heterocycles. The maximum atomic E-state index is 12.6. The minimum absolute atomic E-state index is 0.280. The second kappa shape index (κ2) is 8.64. The predicted molar refractivity (Wildman–Crippen MR) is 97.9 cm³/mol. The van der Waals surface area contributed by atoms with Crippen LogP contribution < -0.4 is 0 Å². The van der Waals surface area contributed by atoms with Gasteiger partial charge in [0.25, 0.3) is 0 Å². The SMILES string of the molecule is CCOC(=O)[C@H](O[Si](C(C)C)(C(C)C)C(C)C)c1ccccc1. The van der Waals surface area contributed by atoms with E-state index in [-0.39, 0.29) is 5.97 Å². The van der Waals surface area contributed by atoms with E-state index in [4.69, 9.17) is 9.16 Å². The summed E-state index contributed by atoms with van der Waals surface area (Å²) in [6, 6.07) is 9.72. The van der Waals surface area contributed by atoms with Gasteiger partial charge >= 0.3 is 5.97 Å². The Labute approximate surface area is 142 Å². The molecular weight excluding hydrogens is 304 g/mol. The van der Waals surface area contributed by atoms with Crippen molar-refractivity contribution in [3.63, 3.8) is 0 Å². The van der Waals surface area contributed by atoms with Crippen molar-refractivity contribution in [3.05, 3.63) is 35.9 Å². The zero-order chi connectivity index (χ0) is 17.6.